The van der Waals surface area contributed by atoms with Crippen molar-refractivity contribution >= 4 is 22.8 Å². The normalized spacial score (nSPS) is 24.1. The molecule has 4 aliphatic rings. The quantitative estimate of drug-likeness (QED) is 0.426. The van der Waals surface area contributed by atoms with Crippen molar-refractivity contribution in [1.82, 2.24) is 10.2 Å². The molecule has 0 unspecified atom stereocenters. The van der Waals surface area contributed by atoms with Crippen molar-refractivity contribution < 1.29 is 0 Å². The fourth-order valence-electron chi connectivity index (χ4n) is 7.12. The highest BCUT2D eigenvalue weighted by atomic mass is 15.1. The predicted octanol–water partition coefficient (Wildman–Crippen LogP) is 6.58. The van der Waals surface area contributed by atoms with Crippen LogP contribution in [0.1, 0.15) is 89.2 Å². The lowest BCUT2D eigenvalue weighted by Gasteiger charge is -2.47. The molecule has 6 heteroatoms. The molecule has 5 rings (SSSR count). The second-order valence-electron chi connectivity index (χ2n) is 12.7. The summed E-state index contributed by atoms with van der Waals surface area (Å²) in [5.74, 6) is 0.440. The molecular weight excluding hydrogens is 492 g/mol. The van der Waals surface area contributed by atoms with Crippen LogP contribution in [0.15, 0.2) is 57.9 Å². The Morgan fingerprint density at radius 2 is 1.77 bits per heavy atom. The van der Waals surface area contributed by atoms with Crippen molar-refractivity contribution in [2.45, 2.75) is 91.0 Å². The van der Waals surface area contributed by atoms with E-state index in [1.54, 1.807) is 0 Å². The zero-order chi connectivity index (χ0) is 28.3. The van der Waals surface area contributed by atoms with Crippen molar-refractivity contribution in [2.75, 3.05) is 38.1 Å². The first-order chi connectivity index (χ1) is 19.3. The molecule has 3 aliphatic heterocycles. The molecule has 1 spiro atoms. The second kappa shape index (κ2) is 12.3. The minimum atomic E-state index is 0.440. The number of hydrogen-bond donors (Lipinski definition) is 2. The van der Waals surface area contributed by atoms with E-state index in [0.29, 0.717) is 23.0 Å². The van der Waals surface area contributed by atoms with Crippen LogP contribution >= 0.6 is 0 Å². The van der Waals surface area contributed by atoms with Crippen LogP contribution < -0.4 is 16.0 Å². The zero-order valence-electron chi connectivity index (χ0n) is 25.4. The molecule has 40 heavy (non-hydrogen) atoms. The molecule has 0 aromatic heterocycles. The summed E-state index contributed by atoms with van der Waals surface area (Å²) in [6.45, 7) is 15.8. The van der Waals surface area contributed by atoms with Crippen molar-refractivity contribution in [3.8, 4) is 0 Å². The van der Waals surface area contributed by atoms with Crippen LogP contribution in [0.3, 0.4) is 0 Å². The van der Waals surface area contributed by atoms with Gasteiger partial charge in [-0.3, -0.25) is 0 Å². The molecule has 216 valence electrons. The number of rotatable bonds is 6. The predicted molar refractivity (Wildman–Crippen MR) is 171 cm³/mol. The molecule has 3 N–H and O–H groups in total. The van der Waals surface area contributed by atoms with E-state index in [-0.39, 0.29) is 0 Å². The largest absolute Gasteiger partial charge is 0.384 e. The molecule has 1 aromatic rings. The van der Waals surface area contributed by atoms with Gasteiger partial charge in [-0.1, -0.05) is 38.8 Å². The second-order valence-corrected chi connectivity index (χ2v) is 12.7. The van der Waals surface area contributed by atoms with E-state index in [9.17, 15) is 0 Å². The Hall–Kier alpha value is -2.86. The summed E-state index contributed by atoms with van der Waals surface area (Å²) in [7, 11) is 2.26. The lowest BCUT2D eigenvalue weighted by molar-refractivity contribution is 0.0944. The third-order valence-corrected chi connectivity index (χ3v) is 9.95. The van der Waals surface area contributed by atoms with Gasteiger partial charge in [-0.2, -0.15) is 0 Å². The van der Waals surface area contributed by atoms with Crippen molar-refractivity contribution in [1.29, 1.82) is 0 Å². The number of aliphatic imine (C=N–C) groups is 2. The Morgan fingerprint density at radius 1 is 1.10 bits per heavy atom. The molecule has 1 aromatic carbocycles. The van der Waals surface area contributed by atoms with E-state index in [4.69, 9.17) is 10.7 Å². The van der Waals surface area contributed by atoms with E-state index in [1.165, 1.54) is 82.1 Å². The van der Waals surface area contributed by atoms with Crippen LogP contribution in [0.2, 0.25) is 0 Å². The number of anilines is 1. The molecule has 2 saturated heterocycles. The van der Waals surface area contributed by atoms with Gasteiger partial charge in [-0.25, -0.2) is 9.98 Å². The van der Waals surface area contributed by atoms with Crippen LogP contribution in [0.5, 0.6) is 0 Å². The van der Waals surface area contributed by atoms with Crippen LogP contribution in [0, 0.1) is 12.3 Å². The van der Waals surface area contributed by atoms with Crippen molar-refractivity contribution in [2.24, 2.45) is 21.1 Å². The lowest BCUT2D eigenvalue weighted by Crippen LogP contribution is -2.46. The first-order valence-corrected chi connectivity index (χ1v) is 15.6. The molecule has 1 aliphatic carbocycles. The summed E-state index contributed by atoms with van der Waals surface area (Å²) in [4.78, 5) is 14.7. The van der Waals surface area contributed by atoms with E-state index >= 15 is 0 Å². The third-order valence-electron chi connectivity index (χ3n) is 9.95. The molecule has 0 atom stereocenters. The van der Waals surface area contributed by atoms with Gasteiger partial charge < -0.3 is 20.9 Å². The molecular formula is C34H50N6. The summed E-state index contributed by atoms with van der Waals surface area (Å²) in [5.41, 5.74) is 15.4. The Bertz CT molecular complexity index is 1210. The number of aryl methyl sites for hydroxylation is 1. The van der Waals surface area contributed by atoms with Gasteiger partial charge in [0.15, 0.2) is 0 Å². The number of nitrogens with zero attached hydrogens (tertiary/aromatic N) is 4. The minimum Gasteiger partial charge on any atom is -0.384 e. The number of nitrogens with two attached hydrogens (primary N) is 1. The maximum Gasteiger partial charge on any atom is 0.149 e. The molecule has 6 nitrogen and oxygen atoms in total. The summed E-state index contributed by atoms with van der Waals surface area (Å²) in [5, 5.41) is 3.74. The van der Waals surface area contributed by atoms with Crippen LogP contribution in [0.4, 0.5) is 5.69 Å². The average molecular weight is 543 g/mol. The van der Waals surface area contributed by atoms with Gasteiger partial charge in [0.05, 0.1) is 5.70 Å². The number of benzene rings is 1. The Kier molecular flexibility index (Phi) is 8.84. The van der Waals surface area contributed by atoms with Gasteiger partial charge in [-0.05, 0) is 108 Å². The number of allylic oxidation sites excluding steroid dienone is 3. The standard InChI is InChI=1S/C34H50N6/c1-6-30(26(4)37-28-10-8-7-9-11-28)38-32-25(3)29(23-36-33(32)35)27-12-13-31(24(2)22-27)40-20-16-34(17-21-40)14-18-39(5)19-15-34/h12-13,22-23,28,37H,3,6-11,14-21H2,1-2,4-5H3,(H2,35,36)/b30-26+,38-32?. The van der Waals surface area contributed by atoms with Gasteiger partial charge >= 0.3 is 0 Å². The Balaban J connectivity index is 1.30. The van der Waals surface area contributed by atoms with E-state index in [1.807, 2.05) is 6.20 Å². The SMILES string of the molecule is C=C1C(c2ccc(N3CCC4(CCN(C)CC4)CC3)c(C)c2)=CN=C(N)C1=N/C(CC)=C(\C)NC1CCCCC1. The number of nitrogens with one attached hydrogen (secondary N) is 1. The molecule has 3 fully saturated rings. The molecule has 1 saturated carbocycles. The van der Waals surface area contributed by atoms with E-state index in [0.717, 1.165) is 47.6 Å². The highest BCUT2D eigenvalue weighted by Gasteiger charge is 2.37. The van der Waals surface area contributed by atoms with Gasteiger partial charge in [0.2, 0.25) is 0 Å². The van der Waals surface area contributed by atoms with Gasteiger partial charge in [0.1, 0.15) is 11.5 Å². The number of piperidine rings is 2. The highest BCUT2D eigenvalue weighted by molar-refractivity contribution is 6.51. The summed E-state index contributed by atoms with van der Waals surface area (Å²) >= 11 is 0. The maximum absolute atomic E-state index is 6.38. The first kappa shape index (κ1) is 28.7. The van der Waals surface area contributed by atoms with Crippen molar-refractivity contribution in [3.63, 3.8) is 0 Å². The Morgan fingerprint density at radius 3 is 2.42 bits per heavy atom. The van der Waals surface area contributed by atoms with E-state index < -0.39 is 0 Å². The van der Waals surface area contributed by atoms with Crippen LogP contribution in [-0.4, -0.2) is 55.7 Å². The van der Waals surface area contributed by atoms with Crippen LogP contribution in [0.25, 0.3) is 5.57 Å². The fraction of sp³-hybridized carbons (Fsp3) is 0.588. The van der Waals surface area contributed by atoms with Gasteiger partial charge in [-0.15, -0.1) is 0 Å². The topological polar surface area (TPSA) is 69.2 Å². The number of likely N-dealkylation sites (tertiary alicyclic amines) is 1. The van der Waals surface area contributed by atoms with E-state index in [2.05, 4.69) is 72.7 Å². The summed E-state index contributed by atoms with van der Waals surface area (Å²) in [6, 6.07) is 7.34. The van der Waals surface area contributed by atoms with Crippen molar-refractivity contribution in [3.05, 3.63) is 59.1 Å². The first-order valence-electron chi connectivity index (χ1n) is 15.6. The number of hydrogen-bond acceptors (Lipinski definition) is 6. The highest BCUT2D eigenvalue weighted by Crippen LogP contribution is 2.42. The smallest absolute Gasteiger partial charge is 0.149 e. The molecule has 3 heterocycles. The average Bonchev–Trinajstić information content (AvgIpc) is 2.96. The molecule has 0 radical (unpaired) electrons. The monoisotopic (exact) mass is 542 g/mol. The minimum absolute atomic E-state index is 0.440. The van der Waals surface area contributed by atoms with Gasteiger partial charge in [0.25, 0.3) is 0 Å². The Labute approximate surface area is 242 Å². The van der Waals surface area contributed by atoms with Crippen LogP contribution in [-0.2, 0) is 0 Å². The zero-order valence-corrected chi connectivity index (χ0v) is 25.4. The summed E-state index contributed by atoms with van der Waals surface area (Å²) < 4.78 is 0. The third kappa shape index (κ3) is 6.22. The number of amidine groups is 1. The lowest BCUT2D eigenvalue weighted by atomic mass is 9.71. The summed E-state index contributed by atoms with van der Waals surface area (Å²) in [6.07, 6.45) is 14.4. The fourth-order valence-corrected chi connectivity index (χ4v) is 7.12. The van der Waals surface area contributed by atoms with Gasteiger partial charge in [0, 0.05) is 47.9 Å². The maximum atomic E-state index is 6.38. The molecule has 0 bridgehead atoms. The molecule has 0 amide bonds.